The summed E-state index contributed by atoms with van der Waals surface area (Å²) in [5, 5.41) is 0. The smallest absolute Gasteiger partial charge is 0.316 e. The van der Waals surface area contributed by atoms with Gasteiger partial charge in [-0.2, -0.15) is 0 Å². The van der Waals surface area contributed by atoms with Gasteiger partial charge in [-0.25, -0.2) is 0 Å². The van der Waals surface area contributed by atoms with Crippen molar-refractivity contribution in [3.63, 3.8) is 0 Å². The highest BCUT2D eigenvalue weighted by Gasteiger charge is 2.25. The lowest BCUT2D eigenvalue weighted by Crippen LogP contribution is -2.26. The summed E-state index contributed by atoms with van der Waals surface area (Å²) in [7, 11) is 0. The van der Waals surface area contributed by atoms with Crippen LogP contribution in [0.25, 0.3) is 0 Å². The Balaban J connectivity index is 4.19. The van der Waals surface area contributed by atoms with E-state index in [2.05, 4.69) is 0 Å². The van der Waals surface area contributed by atoms with Crippen LogP contribution < -0.4 is 0 Å². The molecule has 0 aliphatic carbocycles. The second-order valence-corrected chi connectivity index (χ2v) is 3.96. The van der Waals surface area contributed by atoms with E-state index in [0.717, 1.165) is 6.42 Å². The van der Waals surface area contributed by atoms with Gasteiger partial charge in [0.05, 0.1) is 6.61 Å². The molecule has 0 bridgehead atoms. The Kier molecular flexibility index (Phi) is 6.17. The van der Waals surface area contributed by atoms with Crippen molar-refractivity contribution in [3.8, 4) is 0 Å². The van der Waals surface area contributed by atoms with Crippen molar-refractivity contribution in [2.24, 2.45) is 11.8 Å². The molecule has 0 aromatic carbocycles. The highest BCUT2D eigenvalue weighted by molar-refractivity contribution is 5.97. The molecule has 0 amide bonds. The summed E-state index contributed by atoms with van der Waals surface area (Å²) in [6, 6.07) is 0. The van der Waals surface area contributed by atoms with E-state index in [1.54, 1.807) is 0 Å². The topological polar surface area (TPSA) is 43.4 Å². The molecule has 0 aliphatic heterocycles. The summed E-state index contributed by atoms with van der Waals surface area (Å²) in [5.74, 6) is -0.701. The van der Waals surface area contributed by atoms with E-state index in [9.17, 15) is 9.59 Å². The molecule has 1 unspecified atom stereocenters. The van der Waals surface area contributed by atoms with Crippen molar-refractivity contribution in [3.05, 3.63) is 0 Å². The van der Waals surface area contributed by atoms with Gasteiger partial charge in [-0.15, -0.1) is 0 Å². The first kappa shape index (κ1) is 13.1. The lowest BCUT2D eigenvalue weighted by molar-refractivity contribution is -0.152. The predicted octanol–water partition coefficient (Wildman–Crippen LogP) is 2.19. The first-order valence-corrected chi connectivity index (χ1v) is 5.16. The van der Waals surface area contributed by atoms with Gasteiger partial charge in [0.25, 0.3) is 0 Å². The molecule has 1 atom stereocenters. The normalized spacial score (nSPS) is 12.6. The molecule has 0 heterocycles. The Hall–Kier alpha value is -0.860. The SMILES string of the molecule is CCCOC(=O)C(CC(C)C)C(C)=O. The van der Waals surface area contributed by atoms with Crippen molar-refractivity contribution < 1.29 is 14.3 Å². The summed E-state index contributed by atoms with van der Waals surface area (Å²) in [4.78, 5) is 22.6. The first-order valence-electron chi connectivity index (χ1n) is 5.16. The van der Waals surface area contributed by atoms with Crippen LogP contribution in [0.4, 0.5) is 0 Å². The van der Waals surface area contributed by atoms with Crippen molar-refractivity contribution in [2.75, 3.05) is 6.61 Å². The Morgan fingerprint density at radius 1 is 1.29 bits per heavy atom. The van der Waals surface area contributed by atoms with Crippen LogP contribution in [-0.2, 0) is 14.3 Å². The number of carbonyl (C=O) groups is 2. The number of Topliss-reactive ketones (excluding diaryl/α,β-unsaturated/α-hetero) is 1. The number of hydrogen-bond donors (Lipinski definition) is 0. The zero-order valence-electron chi connectivity index (χ0n) is 9.50. The molecule has 0 N–H and O–H groups in total. The van der Waals surface area contributed by atoms with Crippen LogP contribution in [0.15, 0.2) is 0 Å². The van der Waals surface area contributed by atoms with Crippen molar-refractivity contribution in [1.82, 2.24) is 0 Å². The molecule has 0 aromatic rings. The number of carbonyl (C=O) groups excluding carboxylic acids is 2. The minimum absolute atomic E-state index is 0.0974. The molecule has 3 heteroatoms. The minimum Gasteiger partial charge on any atom is -0.465 e. The Morgan fingerprint density at radius 2 is 1.86 bits per heavy atom. The van der Waals surface area contributed by atoms with E-state index in [-0.39, 0.29) is 11.8 Å². The molecular formula is C11H20O3. The van der Waals surface area contributed by atoms with Crippen molar-refractivity contribution in [2.45, 2.75) is 40.5 Å². The first-order chi connectivity index (χ1) is 6.49. The van der Waals surface area contributed by atoms with Crippen molar-refractivity contribution in [1.29, 1.82) is 0 Å². The fraction of sp³-hybridized carbons (Fsp3) is 0.818. The third kappa shape index (κ3) is 5.00. The van der Waals surface area contributed by atoms with Gasteiger partial charge in [-0.05, 0) is 25.7 Å². The minimum atomic E-state index is -0.568. The third-order valence-electron chi connectivity index (χ3n) is 1.93. The Morgan fingerprint density at radius 3 is 2.21 bits per heavy atom. The Bertz CT molecular complexity index is 197. The van der Waals surface area contributed by atoms with Crippen LogP contribution in [0.3, 0.4) is 0 Å². The largest absolute Gasteiger partial charge is 0.465 e. The lowest BCUT2D eigenvalue weighted by atomic mass is 9.94. The standard InChI is InChI=1S/C11H20O3/c1-5-6-14-11(13)10(9(4)12)7-8(2)3/h8,10H,5-7H2,1-4H3. The van der Waals surface area contributed by atoms with E-state index >= 15 is 0 Å². The Labute approximate surface area is 85.8 Å². The molecule has 0 radical (unpaired) electrons. The maximum atomic E-state index is 11.4. The van der Waals surface area contributed by atoms with Gasteiger partial charge in [-0.1, -0.05) is 20.8 Å². The molecule has 0 saturated carbocycles. The van der Waals surface area contributed by atoms with Crippen LogP contribution in [0.1, 0.15) is 40.5 Å². The summed E-state index contributed by atoms with van der Waals surface area (Å²) in [5.41, 5.74) is 0. The molecule has 0 aliphatic rings. The molecule has 0 aromatic heterocycles. The van der Waals surface area contributed by atoms with E-state index in [1.807, 2.05) is 20.8 Å². The summed E-state index contributed by atoms with van der Waals surface area (Å²) >= 11 is 0. The number of ketones is 1. The number of esters is 1. The summed E-state index contributed by atoms with van der Waals surface area (Å²) < 4.78 is 4.96. The molecule has 0 fully saturated rings. The molecule has 3 nitrogen and oxygen atoms in total. The maximum absolute atomic E-state index is 11.4. The van der Waals surface area contributed by atoms with Crippen LogP contribution in [0, 0.1) is 11.8 Å². The van der Waals surface area contributed by atoms with Crippen molar-refractivity contribution >= 4 is 11.8 Å². The second kappa shape index (κ2) is 6.57. The molecular weight excluding hydrogens is 180 g/mol. The zero-order valence-corrected chi connectivity index (χ0v) is 9.50. The summed E-state index contributed by atoms with van der Waals surface area (Å²) in [6.45, 7) is 7.76. The monoisotopic (exact) mass is 200 g/mol. The van der Waals surface area contributed by atoms with Gasteiger partial charge < -0.3 is 4.74 Å². The second-order valence-electron chi connectivity index (χ2n) is 3.96. The average Bonchev–Trinajstić information content (AvgIpc) is 2.09. The van der Waals surface area contributed by atoms with Crippen LogP contribution in [-0.4, -0.2) is 18.4 Å². The zero-order chi connectivity index (χ0) is 11.1. The molecule has 82 valence electrons. The predicted molar refractivity (Wildman–Crippen MR) is 54.9 cm³/mol. The molecule has 0 spiro atoms. The van der Waals surface area contributed by atoms with E-state index in [1.165, 1.54) is 6.92 Å². The quantitative estimate of drug-likeness (QED) is 0.487. The van der Waals surface area contributed by atoms with Gasteiger partial charge in [0.15, 0.2) is 0 Å². The van der Waals surface area contributed by atoms with Crippen LogP contribution in [0.2, 0.25) is 0 Å². The highest BCUT2D eigenvalue weighted by Crippen LogP contribution is 2.14. The van der Waals surface area contributed by atoms with E-state index in [4.69, 9.17) is 4.74 Å². The number of ether oxygens (including phenoxy) is 1. The highest BCUT2D eigenvalue weighted by atomic mass is 16.5. The van der Waals surface area contributed by atoms with Gasteiger partial charge in [0, 0.05) is 0 Å². The van der Waals surface area contributed by atoms with E-state index < -0.39 is 5.92 Å². The fourth-order valence-electron chi connectivity index (χ4n) is 1.20. The van der Waals surface area contributed by atoms with E-state index in [0.29, 0.717) is 18.9 Å². The summed E-state index contributed by atoms with van der Waals surface area (Å²) in [6.07, 6.45) is 1.37. The van der Waals surface area contributed by atoms with Crippen LogP contribution in [0.5, 0.6) is 0 Å². The number of rotatable bonds is 6. The van der Waals surface area contributed by atoms with Gasteiger partial charge in [0.2, 0.25) is 0 Å². The number of hydrogen-bond acceptors (Lipinski definition) is 3. The molecule has 0 rings (SSSR count). The van der Waals surface area contributed by atoms with Gasteiger partial charge in [-0.3, -0.25) is 9.59 Å². The average molecular weight is 200 g/mol. The van der Waals surface area contributed by atoms with Crippen LogP contribution >= 0.6 is 0 Å². The molecule has 0 saturated heterocycles. The fourth-order valence-corrected chi connectivity index (χ4v) is 1.20. The third-order valence-corrected chi connectivity index (χ3v) is 1.93. The van der Waals surface area contributed by atoms with Gasteiger partial charge in [0.1, 0.15) is 11.7 Å². The lowest BCUT2D eigenvalue weighted by Gasteiger charge is -2.14. The van der Waals surface area contributed by atoms with Gasteiger partial charge >= 0.3 is 5.97 Å². The molecule has 14 heavy (non-hydrogen) atoms. The maximum Gasteiger partial charge on any atom is 0.316 e.